The van der Waals surface area contributed by atoms with E-state index in [0.717, 1.165) is 28.1 Å². The zero-order valence-corrected chi connectivity index (χ0v) is 17.5. The van der Waals surface area contributed by atoms with Crippen molar-refractivity contribution in [1.82, 2.24) is 0 Å². The molecule has 134 valence electrons. The lowest BCUT2D eigenvalue weighted by molar-refractivity contribution is -0.112. The number of para-hydroxylation sites is 1. The van der Waals surface area contributed by atoms with Crippen LogP contribution in [0.4, 0.5) is 11.4 Å². The molecule has 3 aromatic rings. The first kappa shape index (κ1) is 18.2. The first-order valence-corrected chi connectivity index (χ1v) is 9.99. The van der Waals surface area contributed by atoms with Gasteiger partial charge in [-0.05, 0) is 77.0 Å². The van der Waals surface area contributed by atoms with Crippen molar-refractivity contribution in [1.29, 1.82) is 0 Å². The van der Waals surface area contributed by atoms with Crippen molar-refractivity contribution in [3.8, 4) is 0 Å². The molecule has 3 aromatic carbocycles. The number of rotatable bonds is 3. The quantitative estimate of drug-likeness (QED) is 0.423. The third-order valence-corrected chi connectivity index (χ3v) is 6.00. The van der Waals surface area contributed by atoms with E-state index in [9.17, 15) is 4.79 Å². The predicted molar refractivity (Wildman–Crippen MR) is 119 cm³/mol. The van der Waals surface area contributed by atoms with Gasteiger partial charge in [0.15, 0.2) is 0 Å². The lowest BCUT2D eigenvalue weighted by atomic mass is 10.1. The number of hydrogen-bond acceptors (Lipinski definition) is 2. The first-order valence-electron chi connectivity index (χ1n) is 8.53. The lowest BCUT2D eigenvalue weighted by Gasteiger charge is -2.16. The lowest BCUT2D eigenvalue weighted by Crippen LogP contribution is -2.29. The normalized spacial score (nSPS) is 14.7. The maximum absolute atomic E-state index is 13.2. The summed E-state index contributed by atoms with van der Waals surface area (Å²) in [6.45, 7) is 2.53. The Morgan fingerprint density at radius 3 is 2.52 bits per heavy atom. The third kappa shape index (κ3) is 3.64. The van der Waals surface area contributed by atoms with Crippen molar-refractivity contribution in [2.45, 2.75) is 13.5 Å². The van der Waals surface area contributed by atoms with E-state index >= 15 is 0 Å². The topological polar surface area (TPSA) is 32.7 Å². The number of amides is 1. The Hall–Kier alpha value is -2.18. The molecule has 0 N–H and O–H groups in total. The first-order chi connectivity index (χ1) is 13.0. The highest BCUT2D eigenvalue weighted by Crippen LogP contribution is 2.32. The smallest absolute Gasteiger partial charge is 0.277 e. The molecule has 1 aliphatic rings. The number of aryl methyl sites for hydroxylation is 1. The van der Waals surface area contributed by atoms with Crippen LogP contribution in [0.3, 0.4) is 0 Å². The van der Waals surface area contributed by atoms with Gasteiger partial charge in [0.2, 0.25) is 0 Å². The minimum absolute atomic E-state index is 0.0812. The van der Waals surface area contributed by atoms with Crippen LogP contribution in [-0.4, -0.2) is 11.6 Å². The molecule has 0 unspecified atom stereocenters. The van der Waals surface area contributed by atoms with Crippen molar-refractivity contribution < 1.29 is 4.79 Å². The van der Waals surface area contributed by atoms with E-state index in [-0.39, 0.29) is 5.91 Å². The minimum atomic E-state index is -0.0812. The maximum atomic E-state index is 13.2. The molecule has 0 radical (unpaired) electrons. The van der Waals surface area contributed by atoms with Crippen molar-refractivity contribution in [2.75, 3.05) is 4.90 Å². The second-order valence-electron chi connectivity index (χ2n) is 6.43. The van der Waals surface area contributed by atoms with Gasteiger partial charge in [-0.1, -0.05) is 41.9 Å². The number of anilines is 1. The van der Waals surface area contributed by atoms with Gasteiger partial charge in [0, 0.05) is 14.2 Å². The highest BCUT2D eigenvalue weighted by atomic mass is 127. The summed E-state index contributed by atoms with van der Waals surface area (Å²) in [7, 11) is 0. The second-order valence-corrected chi connectivity index (χ2v) is 8.03. The van der Waals surface area contributed by atoms with E-state index in [0.29, 0.717) is 17.3 Å². The summed E-state index contributed by atoms with van der Waals surface area (Å²) in [5.74, 6) is -0.0812. The van der Waals surface area contributed by atoms with Crippen molar-refractivity contribution in [3.05, 3.63) is 92.0 Å². The molecule has 1 heterocycles. The molecular formula is C22H16ClIN2O. The molecule has 0 atom stereocenters. The van der Waals surface area contributed by atoms with Crippen LogP contribution in [0.2, 0.25) is 5.02 Å². The van der Waals surface area contributed by atoms with Crippen LogP contribution < -0.4 is 4.90 Å². The van der Waals surface area contributed by atoms with E-state index in [1.165, 1.54) is 3.57 Å². The Morgan fingerprint density at radius 2 is 1.78 bits per heavy atom. The Morgan fingerprint density at radius 1 is 1.04 bits per heavy atom. The summed E-state index contributed by atoms with van der Waals surface area (Å²) < 4.78 is 1.18. The molecule has 3 nitrogen and oxygen atoms in total. The molecule has 0 fully saturated rings. The van der Waals surface area contributed by atoms with Gasteiger partial charge in [-0.25, -0.2) is 4.99 Å². The average molecular weight is 487 g/mol. The van der Waals surface area contributed by atoms with Crippen LogP contribution in [0.25, 0.3) is 0 Å². The van der Waals surface area contributed by atoms with Crippen molar-refractivity contribution in [2.24, 2.45) is 4.99 Å². The second kappa shape index (κ2) is 7.44. The number of hydrogen-bond donors (Lipinski definition) is 0. The zero-order chi connectivity index (χ0) is 19.0. The molecule has 4 rings (SSSR count). The molecule has 1 aliphatic heterocycles. The molecule has 1 amide bonds. The van der Waals surface area contributed by atoms with Gasteiger partial charge in [-0.2, -0.15) is 0 Å². The average Bonchev–Trinajstić information content (AvgIpc) is 2.92. The summed E-state index contributed by atoms with van der Waals surface area (Å²) in [5.41, 5.74) is 5.20. The van der Waals surface area contributed by atoms with Crippen LogP contribution in [0.1, 0.15) is 16.7 Å². The van der Waals surface area contributed by atoms with E-state index in [1.54, 1.807) is 4.90 Å². The fourth-order valence-corrected chi connectivity index (χ4v) is 3.59. The van der Waals surface area contributed by atoms with Crippen LogP contribution >= 0.6 is 34.2 Å². The molecule has 0 bridgehead atoms. The molecule has 5 heteroatoms. The van der Waals surface area contributed by atoms with Gasteiger partial charge in [-0.15, -0.1) is 0 Å². The summed E-state index contributed by atoms with van der Waals surface area (Å²) in [4.78, 5) is 19.6. The van der Waals surface area contributed by atoms with E-state index in [1.807, 2.05) is 73.7 Å². The highest BCUT2D eigenvalue weighted by Gasteiger charge is 2.33. The summed E-state index contributed by atoms with van der Waals surface area (Å²) >= 11 is 8.27. The molecule has 0 saturated carbocycles. The largest absolute Gasteiger partial charge is 0.302 e. The molecule has 0 saturated heterocycles. The molecule has 0 aliphatic carbocycles. The SMILES string of the molecule is Cc1cc(N=C2C(=O)N(Cc3ccc(Cl)cc3)c3ccccc32)ccc1I. The minimum Gasteiger partial charge on any atom is -0.302 e. The number of nitrogens with zero attached hydrogens (tertiary/aromatic N) is 2. The molecular weight excluding hydrogens is 471 g/mol. The van der Waals surface area contributed by atoms with Crippen LogP contribution in [0.5, 0.6) is 0 Å². The van der Waals surface area contributed by atoms with Crippen LogP contribution in [0.15, 0.2) is 71.7 Å². The van der Waals surface area contributed by atoms with Crippen LogP contribution in [0, 0.1) is 10.5 Å². The van der Waals surface area contributed by atoms with E-state index < -0.39 is 0 Å². The predicted octanol–water partition coefficient (Wildman–Crippen LogP) is 5.92. The highest BCUT2D eigenvalue weighted by molar-refractivity contribution is 14.1. The maximum Gasteiger partial charge on any atom is 0.277 e. The van der Waals surface area contributed by atoms with Gasteiger partial charge in [0.05, 0.1) is 17.9 Å². The number of fused-ring (bicyclic) bond motifs is 1. The fraction of sp³-hybridized carbons (Fsp3) is 0.0909. The van der Waals surface area contributed by atoms with E-state index in [4.69, 9.17) is 11.6 Å². The Kier molecular flexibility index (Phi) is 5.02. The molecule has 27 heavy (non-hydrogen) atoms. The third-order valence-electron chi connectivity index (χ3n) is 4.53. The zero-order valence-electron chi connectivity index (χ0n) is 14.6. The number of aliphatic imine (C=N–C) groups is 1. The van der Waals surface area contributed by atoms with Gasteiger partial charge in [-0.3, -0.25) is 4.79 Å². The number of carbonyl (C=O) groups is 1. The summed E-state index contributed by atoms with van der Waals surface area (Å²) in [6, 6.07) is 21.3. The van der Waals surface area contributed by atoms with Gasteiger partial charge in [0.25, 0.3) is 5.91 Å². The summed E-state index contributed by atoms with van der Waals surface area (Å²) in [5, 5.41) is 0.684. The summed E-state index contributed by atoms with van der Waals surface area (Å²) in [6.07, 6.45) is 0. The Balaban J connectivity index is 1.74. The fourth-order valence-electron chi connectivity index (χ4n) is 3.13. The van der Waals surface area contributed by atoms with Gasteiger partial charge < -0.3 is 4.90 Å². The number of carbonyl (C=O) groups excluding carboxylic acids is 1. The number of benzene rings is 3. The standard InChI is InChI=1S/C22H16ClIN2O/c1-14-12-17(10-11-19(14)24)25-21-18-4-2-3-5-20(18)26(22(21)27)13-15-6-8-16(23)9-7-15/h2-12H,13H2,1H3. The van der Waals surface area contributed by atoms with Crippen molar-refractivity contribution >= 4 is 57.2 Å². The molecule has 0 spiro atoms. The monoisotopic (exact) mass is 486 g/mol. The van der Waals surface area contributed by atoms with Gasteiger partial charge in [0.1, 0.15) is 5.71 Å². The molecule has 0 aromatic heterocycles. The Bertz CT molecular complexity index is 1060. The van der Waals surface area contributed by atoms with Gasteiger partial charge >= 0.3 is 0 Å². The Labute approximate surface area is 176 Å². The number of halogens is 2. The van der Waals surface area contributed by atoms with Crippen LogP contribution in [-0.2, 0) is 11.3 Å². The van der Waals surface area contributed by atoms with E-state index in [2.05, 4.69) is 27.6 Å². The van der Waals surface area contributed by atoms with Crippen molar-refractivity contribution in [3.63, 3.8) is 0 Å².